The number of carbonyl (C=O) groups excluding carboxylic acids is 2. The summed E-state index contributed by atoms with van der Waals surface area (Å²) in [5.74, 6) is 0.00825. The third-order valence-corrected chi connectivity index (χ3v) is 2.57. The molecule has 0 saturated carbocycles. The van der Waals surface area contributed by atoms with Crippen molar-refractivity contribution in [3.8, 4) is 0 Å². The maximum atomic E-state index is 11.8. The molecular formula is C12H13N3O3. The van der Waals surface area contributed by atoms with Crippen LogP contribution >= 0.6 is 0 Å². The molecular weight excluding hydrogens is 234 g/mol. The first-order chi connectivity index (χ1) is 8.58. The highest BCUT2D eigenvalue weighted by Gasteiger charge is 2.16. The van der Waals surface area contributed by atoms with E-state index < -0.39 is 0 Å². The van der Waals surface area contributed by atoms with Gasteiger partial charge in [0.05, 0.1) is 5.56 Å². The summed E-state index contributed by atoms with van der Waals surface area (Å²) in [5, 5.41) is 2.86. The van der Waals surface area contributed by atoms with E-state index in [9.17, 15) is 9.59 Å². The molecule has 18 heavy (non-hydrogen) atoms. The number of rotatable bonds is 3. The molecule has 0 aromatic carbocycles. The standard InChI is InChI=1S/C12H13N3O3/c1-13-10-9(6-16)18-8-4-7(5-14-11(8)10)12(17)15(2)3/h4-6,13H,1-3H3. The van der Waals surface area contributed by atoms with Crippen LogP contribution in [0.2, 0.25) is 0 Å². The fraction of sp³-hybridized carbons (Fsp3) is 0.250. The van der Waals surface area contributed by atoms with Crippen LogP contribution in [0.15, 0.2) is 16.7 Å². The van der Waals surface area contributed by atoms with Crippen LogP contribution < -0.4 is 5.32 Å². The minimum atomic E-state index is -0.167. The maximum absolute atomic E-state index is 11.8. The summed E-state index contributed by atoms with van der Waals surface area (Å²) in [4.78, 5) is 28.2. The lowest BCUT2D eigenvalue weighted by Gasteiger charge is -2.09. The van der Waals surface area contributed by atoms with E-state index in [1.165, 1.54) is 11.1 Å². The minimum Gasteiger partial charge on any atom is -0.449 e. The SMILES string of the molecule is CNc1c(C=O)oc2cc(C(=O)N(C)C)cnc12. The summed E-state index contributed by atoms with van der Waals surface area (Å²) < 4.78 is 5.35. The highest BCUT2D eigenvalue weighted by Crippen LogP contribution is 2.28. The molecule has 2 aromatic heterocycles. The van der Waals surface area contributed by atoms with Crippen LogP contribution in [0, 0.1) is 0 Å². The number of carbonyl (C=O) groups is 2. The van der Waals surface area contributed by atoms with Gasteiger partial charge in [0, 0.05) is 27.3 Å². The van der Waals surface area contributed by atoms with Crippen molar-refractivity contribution in [2.45, 2.75) is 0 Å². The maximum Gasteiger partial charge on any atom is 0.255 e. The van der Waals surface area contributed by atoms with Gasteiger partial charge in [0.25, 0.3) is 5.91 Å². The zero-order valence-electron chi connectivity index (χ0n) is 10.4. The average molecular weight is 247 g/mol. The van der Waals surface area contributed by atoms with Gasteiger partial charge in [0.2, 0.25) is 0 Å². The second-order valence-electron chi connectivity index (χ2n) is 3.98. The Balaban J connectivity index is 2.59. The molecule has 0 atom stereocenters. The quantitative estimate of drug-likeness (QED) is 0.829. The molecule has 0 aliphatic heterocycles. The zero-order chi connectivity index (χ0) is 13.3. The molecule has 94 valence electrons. The molecule has 0 saturated heterocycles. The van der Waals surface area contributed by atoms with Gasteiger partial charge in [-0.2, -0.15) is 0 Å². The summed E-state index contributed by atoms with van der Waals surface area (Å²) in [7, 11) is 4.99. The van der Waals surface area contributed by atoms with Crippen LogP contribution in [0.25, 0.3) is 11.1 Å². The molecule has 2 rings (SSSR count). The predicted molar refractivity (Wildman–Crippen MR) is 67.0 cm³/mol. The smallest absolute Gasteiger partial charge is 0.255 e. The molecule has 0 radical (unpaired) electrons. The van der Waals surface area contributed by atoms with Crippen molar-refractivity contribution in [1.82, 2.24) is 9.88 Å². The normalized spacial score (nSPS) is 10.4. The highest BCUT2D eigenvalue weighted by atomic mass is 16.3. The van der Waals surface area contributed by atoms with E-state index in [4.69, 9.17) is 4.42 Å². The van der Waals surface area contributed by atoms with Crippen molar-refractivity contribution in [3.63, 3.8) is 0 Å². The molecule has 1 amide bonds. The van der Waals surface area contributed by atoms with Crippen LogP contribution in [0.1, 0.15) is 20.9 Å². The van der Waals surface area contributed by atoms with E-state index in [1.807, 2.05) is 0 Å². The third-order valence-electron chi connectivity index (χ3n) is 2.57. The number of nitrogens with zero attached hydrogens (tertiary/aromatic N) is 2. The summed E-state index contributed by atoms with van der Waals surface area (Å²) >= 11 is 0. The fourth-order valence-corrected chi connectivity index (χ4v) is 1.70. The number of furan rings is 1. The summed E-state index contributed by atoms with van der Waals surface area (Å²) in [6, 6.07) is 1.58. The Labute approximate surface area is 104 Å². The Kier molecular flexibility index (Phi) is 3.01. The molecule has 2 heterocycles. The Bertz CT molecular complexity index is 616. The molecule has 6 heteroatoms. The van der Waals surface area contributed by atoms with Gasteiger partial charge in [-0.1, -0.05) is 0 Å². The van der Waals surface area contributed by atoms with E-state index in [-0.39, 0.29) is 11.7 Å². The van der Waals surface area contributed by atoms with E-state index in [0.717, 1.165) is 0 Å². The first-order valence-electron chi connectivity index (χ1n) is 5.35. The Morgan fingerprint density at radius 3 is 2.78 bits per heavy atom. The van der Waals surface area contributed by atoms with Gasteiger partial charge in [0.1, 0.15) is 11.2 Å². The van der Waals surface area contributed by atoms with E-state index in [2.05, 4.69) is 10.3 Å². The van der Waals surface area contributed by atoms with Crippen LogP contribution in [0.5, 0.6) is 0 Å². The van der Waals surface area contributed by atoms with Crippen molar-refractivity contribution in [2.24, 2.45) is 0 Å². The molecule has 1 N–H and O–H groups in total. The summed E-state index contributed by atoms with van der Waals surface area (Å²) in [6.07, 6.45) is 2.08. The lowest BCUT2D eigenvalue weighted by molar-refractivity contribution is 0.0827. The number of nitrogens with one attached hydrogen (secondary N) is 1. The van der Waals surface area contributed by atoms with Gasteiger partial charge in [-0.3, -0.25) is 9.59 Å². The van der Waals surface area contributed by atoms with Crippen LogP contribution in [0.3, 0.4) is 0 Å². The predicted octanol–water partition coefficient (Wildman–Crippen LogP) is 1.38. The van der Waals surface area contributed by atoms with Crippen molar-refractivity contribution in [2.75, 3.05) is 26.5 Å². The lowest BCUT2D eigenvalue weighted by Crippen LogP contribution is -2.21. The number of aldehydes is 1. The number of amides is 1. The molecule has 0 aliphatic rings. The Hall–Kier alpha value is -2.37. The molecule has 0 spiro atoms. The molecule has 6 nitrogen and oxygen atoms in total. The van der Waals surface area contributed by atoms with Gasteiger partial charge in [0.15, 0.2) is 17.6 Å². The second kappa shape index (κ2) is 4.48. The topological polar surface area (TPSA) is 75.4 Å². The second-order valence-corrected chi connectivity index (χ2v) is 3.98. The number of anilines is 1. The van der Waals surface area contributed by atoms with Gasteiger partial charge >= 0.3 is 0 Å². The van der Waals surface area contributed by atoms with Crippen molar-refractivity contribution in [3.05, 3.63) is 23.6 Å². The number of aromatic nitrogens is 1. The van der Waals surface area contributed by atoms with Gasteiger partial charge < -0.3 is 14.6 Å². The van der Waals surface area contributed by atoms with Crippen molar-refractivity contribution >= 4 is 29.0 Å². The van der Waals surface area contributed by atoms with Crippen molar-refractivity contribution < 1.29 is 14.0 Å². The monoisotopic (exact) mass is 247 g/mol. The molecule has 0 fully saturated rings. The highest BCUT2D eigenvalue weighted by molar-refractivity contribution is 6.01. The Morgan fingerprint density at radius 1 is 1.50 bits per heavy atom. The first kappa shape index (κ1) is 12.1. The first-order valence-corrected chi connectivity index (χ1v) is 5.35. The number of hydrogen-bond acceptors (Lipinski definition) is 5. The lowest BCUT2D eigenvalue weighted by atomic mass is 10.2. The molecule has 0 unspecified atom stereocenters. The van der Waals surface area contributed by atoms with Crippen molar-refractivity contribution in [1.29, 1.82) is 0 Å². The minimum absolute atomic E-state index is 0.167. The van der Waals surface area contributed by atoms with Gasteiger partial charge in [-0.05, 0) is 6.07 Å². The number of pyridine rings is 1. The van der Waals surface area contributed by atoms with Crippen LogP contribution in [-0.4, -0.2) is 43.2 Å². The average Bonchev–Trinajstić information content (AvgIpc) is 2.73. The number of hydrogen-bond donors (Lipinski definition) is 1. The summed E-state index contributed by atoms with van der Waals surface area (Å²) in [6.45, 7) is 0. The number of fused-ring (bicyclic) bond motifs is 1. The summed E-state index contributed by atoms with van der Waals surface area (Å²) in [5.41, 5.74) is 1.90. The van der Waals surface area contributed by atoms with Crippen LogP contribution in [0.4, 0.5) is 5.69 Å². The molecule has 0 aliphatic carbocycles. The van der Waals surface area contributed by atoms with E-state index in [0.29, 0.717) is 28.6 Å². The van der Waals surface area contributed by atoms with Crippen LogP contribution in [-0.2, 0) is 0 Å². The van der Waals surface area contributed by atoms with Gasteiger partial charge in [-0.25, -0.2) is 4.98 Å². The molecule has 0 bridgehead atoms. The largest absolute Gasteiger partial charge is 0.449 e. The fourth-order valence-electron chi connectivity index (χ4n) is 1.70. The molecule has 2 aromatic rings. The Morgan fingerprint density at radius 2 is 2.22 bits per heavy atom. The third kappa shape index (κ3) is 1.81. The van der Waals surface area contributed by atoms with Gasteiger partial charge in [-0.15, -0.1) is 0 Å². The van der Waals surface area contributed by atoms with E-state index >= 15 is 0 Å². The zero-order valence-corrected chi connectivity index (χ0v) is 10.4. The van der Waals surface area contributed by atoms with E-state index in [1.54, 1.807) is 27.2 Å².